The number of nitrogens with zero attached hydrogens (tertiary/aromatic N) is 3. The Morgan fingerprint density at radius 1 is 1.08 bits per heavy atom. The van der Waals surface area contributed by atoms with Gasteiger partial charge in [-0.05, 0) is 12.1 Å². The molecule has 0 unspecified atom stereocenters. The third-order valence-corrected chi connectivity index (χ3v) is 6.96. The first-order valence-electron chi connectivity index (χ1n) is 8.66. The molecule has 0 aliphatic carbocycles. The average Bonchev–Trinajstić information content (AvgIpc) is 2.92. The highest BCUT2D eigenvalue weighted by Gasteiger charge is 2.46. The molecule has 2 aliphatic rings. The highest BCUT2D eigenvalue weighted by atomic mass is 32.2. The molecule has 2 fully saturated rings. The fourth-order valence-corrected chi connectivity index (χ4v) is 6.11. The lowest BCUT2D eigenvalue weighted by atomic mass is 10.0. The lowest BCUT2D eigenvalue weighted by molar-refractivity contribution is -0.139. The molecular formula is C18H21N3O4S. The molecule has 0 amide bonds. The van der Waals surface area contributed by atoms with Crippen molar-refractivity contribution in [3.63, 3.8) is 0 Å². The van der Waals surface area contributed by atoms with Crippen LogP contribution in [0, 0.1) is 0 Å². The Hall–Kier alpha value is -2.03. The van der Waals surface area contributed by atoms with Crippen LogP contribution in [0.3, 0.4) is 0 Å². The quantitative estimate of drug-likeness (QED) is 0.837. The summed E-state index contributed by atoms with van der Waals surface area (Å²) in [6.07, 6.45) is 0. The second kappa shape index (κ2) is 6.61. The number of aliphatic carboxylic acids is 1. The van der Waals surface area contributed by atoms with E-state index in [1.54, 1.807) is 4.90 Å². The number of pyridine rings is 1. The van der Waals surface area contributed by atoms with Gasteiger partial charge < -0.3 is 5.11 Å². The van der Waals surface area contributed by atoms with E-state index in [4.69, 9.17) is 5.11 Å². The van der Waals surface area contributed by atoms with Gasteiger partial charge in [0, 0.05) is 37.1 Å². The van der Waals surface area contributed by atoms with Crippen molar-refractivity contribution in [2.24, 2.45) is 0 Å². The minimum atomic E-state index is -3.15. The molecule has 1 N–H and O–H groups in total. The SMILES string of the molecule is O=C(O)CN1CCN(Cc2ccc3ccccc3n2)[C@H]2CS(=O)(=O)C[C@H]21. The average molecular weight is 375 g/mol. The standard InChI is InChI=1S/C18H21N3O4S/c22-18(23)10-21-8-7-20(16-11-26(24,25)12-17(16)21)9-14-6-5-13-3-1-2-4-15(13)19-14/h1-6,16-17H,7-12H2,(H,22,23)/t16-,17+/m0/s1. The molecule has 138 valence electrons. The number of carboxylic acid groups (broad SMARTS) is 1. The Morgan fingerprint density at radius 3 is 2.54 bits per heavy atom. The van der Waals surface area contributed by atoms with Crippen LogP contribution in [0.4, 0.5) is 0 Å². The molecule has 1 aromatic heterocycles. The number of hydrogen-bond donors (Lipinski definition) is 1. The Labute approximate surface area is 152 Å². The molecular weight excluding hydrogens is 354 g/mol. The van der Waals surface area contributed by atoms with E-state index in [2.05, 4.69) is 9.88 Å². The van der Waals surface area contributed by atoms with E-state index in [1.165, 1.54) is 0 Å². The topological polar surface area (TPSA) is 90.8 Å². The number of fused-ring (bicyclic) bond motifs is 2. The molecule has 7 nitrogen and oxygen atoms in total. The van der Waals surface area contributed by atoms with Crippen molar-refractivity contribution in [2.45, 2.75) is 18.6 Å². The number of sulfone groups is 1. The van der Waals surface area contributed by atoms with E-state index in [0.717, 1.165) is 16.6 Å². The molecule has 0 bridgehead atoms. The molecule has 2 aliphatic heterocycles. The zero-order valence-electron chi connectivity index (χ0n) is 14.3. The monoisotopic (exact) mass is 375 g/mol. The van der Waals surface area contributed by atoms with E-state index in [9.17, 15) is 13.2 Å². The van der Waals surface area contributed by atoms with Crippen LogP contribution in [-0.2, 0) is 21.2 Å². The van der Waals surface area contributed by atoms with Gasteiger partial charge in [-0.25, -0.2) is 8.42 Å². The molecule has 0 spiro atoms. The number of carbonyl (C=O) groups is 1. The minimum Gasteiger partial charge on any atom is -0.480 e. The molecule has 8 heteroatoms. The number of carboxylic acids is 1. The molecule has 2 aromatic rings. The van der Waals surface area contributed by atoms with Crippen molar-refractivity contribution in [2.75, 3.05) is 31.1 Å². The lowest BCUT2D eigenvalue weighted by Gasteiger charge is -2.43. The summed E-state index contributed by atoms with van der Waals surface area (Å²) in [4.78, 5) is 19.7. The van der Waals surface area contributed by atoms with Crippen LogP contribution in [-0.4, -0.2) is 77.5 Å². The van der Waals surface area contributed by atoms with Gasteiger partial charge in [0.05, 0.1) is 29.3 Å². The molecule has 26 heavy (non-hydrogen) atoms. The number of rotatable bonds is 4. The van der Waals surface area contributed by atoms with Gasteiger partial charge in [0.1, 0.15) is 0 Å². The van der Waals surface area contributed by atoms with E-state index < -0.39 is 15.8 Å². The van der Waals surface area contributed by atoms with Crippen molar-refractivity contribution in [1.29, 1.82) is 0 Å². The minimum absolute atomic E-state index is 0.0343. The normalized spacial score (nSPS) is 26.0. The van der Waals surface area contributed by atoms with E-state index >= 15 is 0 Å². The number of hydrogen-bond acceptors (Lipinski definition) is 6. The summed E-state index contributed by atoms with van der Waals surface area (Å²) in [5.74, 6) is -0.800. The first-order chi connectivity index (χ1) is 12.4. The van der Waals surface area contributed by atoms with Gasteiger partial charge in [0.25, 0.3) is 0 Å². The van der Waals surface area contributed by atoms with Crippen LogP contribution in [0.1, 0.15) is 5.69 Å². The Morgan fingerprint density at radius 2 is 1.77 bits per heavy atom. The van der Waals surface area contributed by atoms with Crippen LogP contribution in [0.5, 0.6) is 0 Å². The third kappa shape index (κ3) is 3.44. The number of benzene rings is 1. The van der Waals surface area contributed by atoms with Crippen molar-refractivity contribution in [3.8, 4) is 0 Å². The predicted molar refractivity (Wildman–Crippen MR) is 97.6 cm³/mol. The fraction of sp³-hybridized carbons (Fsp3) is 0.444. The van der Waals surface area contributed by atoms with Crippen LogP contribution in [0.25, 0.3) is 10.9 Å². The highest BCUT2D eigenvalue weighted by molar-refractivity contribution is 7.91. The van der Waals surface area contributed by atoms with Crippen LogP contribution < -0.4 is 0 Å². The van der Waals surface area contributed by atoms with Gasteiger partial charge in [0.15, 0.2) is 9.84 Å². The highest BCUT2D eigenvalue weighted by Crippen LogP contribution is 2.28. The second-order valence-electron chi connectivity index (χ2n) is 7.04. The predicted octanol–water partition coefficient (Wildman–Crippen LogP) is 0.603. The van der Waals surface area contributed by atoms with Gasteiger partial charge in [0.2, 0.25) is 0 Å². The van der Waals surface area contributed by atoms with E-state index in [1.807, 2.05) is 36.4 Å². The van der Waals surface area contributed by atoms with Crippen molar-refractivity contribution < 1.29 is 18.3 Å². The van der Waals surface area contributed by atoms with Gasteiger partial charge in [-0.1, -0.05) is 24.3 Å². The smallest absolute Gasteiger partial charge is 0.317 e. The summed E-state index contributed by atoms with van der Waals surface area (Å²) in [5.41, 5.74) is 1.82. The zero-order chi connectivity index (χ0) is 18.3. The van der Waals surface area contributed by atoms with Crippen molar-refractivity contribution in [1.82, 2.24) is 14.8 Å². The van der Waals surface area contributed by atoms with Crippen molar-refractivity contribution >= 4 is 26.7 Å². The second-order valence-corrected chi connectivity index (χ2v) is 9.20. The van der Waals surface area contributed by atoms with Gasteiger partial charge in [-0.2, -0.15) is 0 Å². The maximum Gasteiger partial charge on any atom is 0.317 e. The molecule has 2 saturated heterocycles. The summed E-state index contributed by atoms with van der Waals surface area (Å²) in [6.45, 7) is 1.65. The molecule has 1 aromatic carbocycles. The zero-order valence-corrected chi connectivity index (χ0v) is 15.1. The summed E-state index contributed by atoms with van der Waals surface area (Å²) in [7, 11) is -3.15. The number of piperazine rings is 1. The first kappa shape index (κ1) is 17.4. The third-order valence-electron chi connectivity index (χ3n) is 5.27. The summed E-state index contributed by atoms with van der Waals surface area (Å²) >= 11 is 0. The largest absolute Gasteiger partial charge is 0.480 e. The maximum absolute atomic E-state index is 12.2. The number of aromatic nitrogens is 1. The molecule has 0 saturated carbocycles. The molecule has 4 rings (SSSR count). The van der Waals surface area contributed by atoms with Gasteiger partial charge in [-0.3, -0.25) is 19.6 Å². The fourth-order valence-electron chi connectivity index (χ4n) is 4.07. The summed E-state index contributed by atoms with van der Waals surface area (Å²) in [6, 6.07) is 11.5. The van der Waals surface area contributed by atoms with Gasteiger partial charge >= 0.3 is 5.97 Å². The van der Waals surface area contributed by atoms with Gasteiger partial charge in [-0.15, -0.1) is 0 Å². The van der Waals surface area contributed by atoms with Crippen LogP contribution in [0.15, 0.2) is 36.4 Å². The Kier molecular flexibility index (Phi) is 4.42. The summed E-state index contributed by atoms with van der Waals surface area (Å²) in [5, 5.41) is 10.2. The summed E-state index contributed by atoms with van der Waals surface area (Å²) < 4.78 is 24.4. The van der Waals surface area contributed by atoms with Crippen molar-refractivity contribution in [3.05, 3.63) is 42.1 Å². The van der Waals surface area contributed by atoms with Crippen LogP contribution >= 0.6 is 0 Å². The molecule has 0 radical (unpaired) electrons. The Balaban J connectivity index is 1.57. The van der Waals surface area contributed by atoms with E-state index in [-0.39, 0.29) is 30.1 Å². The molecule has 2 atom stereocenters. The van der Waals surface area contributed by atoms with E-state index in [0.29, 0.717) is 19.6 Å². The molecule has 3 heterocycles. The van der Waals surface area contributed by atoms with Crippen LogP contribution in [0.2, 0.25) is 0 Å². The lowest BCUT2D eigenvalue weighted by Crippen LogP contribution is -2.59. The number of para-hydroxylation sites is 1. The Bertz CT molecular complexity index is 946. The maximum atomic E-state index is 12.2. The first-order valence-corrected chi connectivity index (χ1v) is 10.5.